The summed E-state index contributed by atoms with van der Waals surface area (Å²) < 4.78 is 0. The molecule has 0 aromatic carbocycles. The first-order valence-corrected chi connectivity index (χ1v) is 10.3. The smallest absolute Gasteiger partial charge is 0.245 e. The molecule has 5 nitrogen and oxygen atoms in total. The number of hydrogen-bond donors (Lipinski definition) is 1. The first-order chi connectivity index (χ1) is 12.2. The second-order valence-corrected chi connectivity index (χ2v) is 8.19. The van der Waals surface area contributed by atoms with Crippen LogP contribution in [0, 0.1) is 5.92 Å². The van der Waals surface area contributed by atoms with Crippen molar-refractivity contribution in [2.24, 2.45) is 5.92 Å². The molecule has 2 saturated heterocycles. The van der Waals surface area contributed by atoms with E-state index in [0.29, 0.717) is 6.42 Å². The Balaban J connectivity index is 0.00000243. The van der Waals surface area contributed by atoms with Crippen LogP contribution >= 0.6 is 23.7 Å². The van der Waals surface area contributed by atoms with Gasteiger partial charge >= 0.3 is 0 Å². The van der Waals surface area contributed by atoms with E-state index in [4.69, 9.17) is 0 Å². The number of halogens is 1. The molecule has 1 aromatic heterocycles. The number of thiophene rings is 1. The molecule has 0 bridgehead atoms. The minimum absolute atomic E-state index is 0. The lowest BCUT2D eigenvalue weighted by Gasteiger charge is -2.35. The van der Waals surface area contributed by atoms with Crippen molar-refractivity contribution < 1.29 is 9.59 Å². The van der Waals surface area contributed by atoms with Gasteiger partial charge in [0.05, 0.1) is 6.42 Å². The van der Waals surface area contributed by atoms with Crippen molar-refractivity contribution >= 4 is 35.6 Å². The minimum atomic E-state index is -0.235. The number of likely N-dealkylation sites (tertiary alicyclic amines) is 2. The number of piperidine rings is 1. The maximum Gasteiger partial charge on any atom is 0.245 e. The van der Waals surface area contributed by atoms with Gasteiger partial charge < -0.3 is 15.1 Å². The number of carbonyl (C=O) groups excluding carboxylic acids is 2. The molecule has 2 aliphatic rings. The van der Waals surface area contributed by atoms with Crippen LogP contribution in [0.25, 0.3) is 0 Å². The first kappa shape index (κ1) is 21.2. The Morgan fingerprint density at radius 2 is 2.00 bits per heavy atom. The van der Waals surface area contributed by atoms with Gasteiger partial charge in [-0.15, -0.1) is 23.7 Å². The molecule has 2 amide bonds. The number of carbonyl (C=O) groups is 2. The number of hydrogen-bond acceptors (Lipinski definition) is 4. The maximum absolute atomic E-state index is 13.0. The summed E-state index contributed by atoms with van der Waals surface area (Å²) >= 11 is 1.61. The van der Waals surface area contributed by atoms with Crippen LogP contribution in [0.1, 0.15) is 37.0 Å². The number of nitrogens with one attached hydrogen (secondary N) is 1. The molecule has 0 spiro atoms. The normalized spacial score (nSPS) is 20.9. The van der Waals surface area contributed by atoms with Crippen LogP contribution in [0.5, 0.6) is 0 Å². The lowest BCUT2D eigenvalue weighted by Crippen LogP contribution is -2.50. The number of amides is 2. The SMILES string of the molecule is CNCCC1CCN(C(=O)C2CCCN2C(=O)Cc2cccs2)CC1.Cl. The Morgan fingerprint density at radius 1 is 1.23 bits per heavy atom. The van der Waals surface area contributed by atoms with Gasteiger partial charge in [0, 0.05) is 24.5 Å². The van der Waals surface area contributed by atoms with Gasteiger partial charge in [-0.1, -0.05) is 6.07 Å². The van der Waals surface area contributed by atoms with Gasteiger partial charge in [0.15, 0.2) is 0 Å². The zero-order valence-corrected chi connectivity index (χ0v) is 17.1. The summed E-state index contributed by atoms with van der Waals surface area (Å²) in [6.45, 7) is 3.46. The van der Waals surface area contributed by atoms with Crippen molar-refractivity contribution in [3.05, 3.63) is 22.4 Å². The van der Waals surface area contributed by atoms with Crippen molar-refractivity contribution in [3.8, 4) is 0 Å². The van der Waals surface area contributed by atoms with Crippen LogP contribution in [0.3, 0.4) is 0 Å². The Labute approximate surface area is 166 Å². The number of nitrogens with zero attached hydrogens (tertiary/aromatic N) is 2. The molecule has 3 heterocycles. The highest BCUT2D eigenvalue weighted by Gasteiger charge is 2.37. The van der Waals surface area contributed by atoms with Crippen LogP contribution in [0.15, 0.2) is 17.5 Å². The van der Waals surface area contributed by atoms with Crippen molar-refractivity contribution in [1.29, 1.82) is 0 Å². The third kappa shape index (κ3) is 5.21. The van der Waals surface area contributed by atoms with Crippen LogP contribution in [0.2, 0.25) is 0 Å². The average molecular weight is 400 g/mol. The second kappa shape index (κ2) is 10.3. The highest BCUT2D eigenvalue weighted by Crippen LogP contribution is 2.25. The van der Waals surface area contributed by atoms with Crippen LogP contribution in [-0.4, -0.2) is 60.9 Å². The highest BCUT2D eigenvalue weighted by molar-refractivity contribution is 7.10. The van der Waals surface area contributed by atoms with E-state index in [1.54, 1.807) is 11.3 Å². The fraction of sp³-hybridized carbons (Fsp3) is 0.684. The van der Waals surface area contributed by atoms with Crippen LogP contribution in [0.4, 0.5) is 0 Å². The van der Waals surface area contributed by atoms with Crippen molar-refractivity contribution in [2.75, 3.05) is 33.2 Å². The quantitative estimate of drug-likeness (QED) is 0.799. The van der Waals surface area contributed by atoms with E-state index in [1.165, 1.54) is 6.42 Å². The third-order valence-electron chi connectivity index (χ3n) is 5.49. The summed E-state index contributed by atoms with van der Waals surface area (Å²) in [7, 11) is 1.99. The van der Waals surface area contributed by atoms with E-state index in [9.17, 15) is 9.59 Å². The summed E-state index contributed by atoms with van der Waals surface area (Å²) in [4.78, 5) is 30.5. The van der Waals surface area contributed by atoms with E-state index < -0.39 is 0 Å². The Kier molecular flexibility index (Phi) is 8.38. The van der Waals surface area contributed by atoms with E-state index in [2.05, 4.69) is 5.32 Å². The Hall–Kier alpha value is -1.11. The van der Waals surface area contributed by atoms with Gasteiger partial charge in [-0.05, 0) is 63.1 Å². The monoisotopic (exact) mass is 399 g/mol. The van der Waals surface area contributed by atoms with Crippen LogP contribution in [-0.2, 0) is 16.0 Å². The average Bonchev–Trinajstić information content (AvgIpc) is 3.31. The number of rotatable bonds is 6. The molecule has 3 rings (SSSR count). The zero-order valence-electron chi connectivity index (χ0n) is 15.5. The lowest BCUT2D eigenvalue weighted by molar-refractivity contribution is -0.144. The largest absolute Gasteiger partial charge is 0.341 e. The standard InChI is InChI=1S/C19H29N3O2S.ClH/c1-20-9-6-15-7-11-21(12-8-15)19(24)17-5-2-10-22(17)18(23)14-16-4-3-13-25-16;/h3-4,13,15,17,20H,2,5-12,14H2,1H3;1H. The predicted molar refractivity (Wildman–Crippen MR) is 108 cm³/mol. The van der Waals surface area contributed by atoms with Gasteiger partial charge in [-0.3, -0.25) is 9.59 Å². The van der Waals surface area contributed by atoms with E-state index in [-0.39, 0.29) is 30.3 Å². The molecule has 7 heteroatoms. The highest BCUT2D eigenvalue weighted by atomic mass is 35.5. The molecule has 0 saturated carbocycles. The molecular weight excluding hydrogens is 370 g/mol. The summed E-state index contributed by atoms with van der Waals surface area (Å²) in [6.07, 6.45) is 5.54. The molecule has 1 atom stereocenters. The van der Waals surface area contributed by atoms with Crippen molar-refractivity contribution in [2.45, 2.75) is 44.6 Å². The minimum Gasteiger partial charge on any atom is -0.341 e. The molecule has 146 valence electrons. The summed E-state index contributed by atoms with van der Waals surface area (Å²) in [5.74, 6) is 0.989. The van der Waals surface area contributed by atoms with E-state index in [0.717, 1.165) is 62.7 Å². The maximum atomic E-state index is 13.0. The summed E-state index contributed by atoms with van der Waals surface area (Å²) in [6, 6.07) is 3.73. The summed E-state index contributed by atoms with van der Waals surface area (Å²) in [5.41, 5.74) is 0. The van der Waals surface area contributed by atoms with Gasteiger partial charge in [-0.25, -0.2) is 0 Å². The van der Waals surface area contributed by atoms with E-state index in [1.807, 2.05) is 34.4 Å². The van der Waals surface area contributed by atoms with Crippen LogP contribution < -0.4 is 5.32 Å². The zero-order chi connectivity index (χ0) is 17.6. The third-order valence-corrected chi connectivity index (χ3v) is 6.37. The van der Waals surface area contributed by atoms with Gasteiger partial charge in [0.25, 0.3) is 0 Å². The Bertz CT molecular complexity index is 573. The molecule has 2 fully saturated rings. The fourth-order valence-electron chi connectivity index (χ4n) is 3.99. The molecule has 2 aliphatic heterocycles. The fourth-order valence-corrected chi connectivity index (χ4v) is 4.68. The molecule has 1 unspecified atom stereocenters. The lowest BCUT2D eigenvalue weighted by atomic mass is 9.93. The first-order valence-electron chi connectivity index (χ1n) is 9.44. The molecule has 1 N–H and O–H groups in total. The molecule has 0 aliphatic carbocycles. The predicted octanol–water partition coefficient (Wildman–Crippen LogP) is 2.55. The summed E-state index contributed by atoms with van der Waals surface area (Å²) in [5, 5.41) is 5.20. The second-order valence-electron chi connectivity index (χ2n) is 7.16. The van der Waals surface area contributed by atoms with Gasteiger partial charge in [0.1, 0.15) is 6.04 Å². The molecule has 26 heavy (non-hydrogen) atoms. The Morgan fingerprint density at radius 3 is 2.65 bits per heavy atom. The van der Waals surface area contributed by atoms with Crippen molar-refractivity contribution in [1.82, 2.24) is 15.1 Å². The van der Waals surface area contributed by atoms with E-state index >= 15 is 0 Å². The molecular formula is C19H30ClN3O2S. The van der Waals surface area contributed by atoms with Crippen molar-refractivity contribution in [3.63, 3.8) is 0 Å². The molecule has 1 aromatic rings. The topological polar surface area (TPSA) is 52.7 Å². The van der Waals surface area contributed by atoms with Gasteiger partial charge in [0.2, 0.25) is 11.8 Å². The molecule has 0 radical (unpaired) electrons. The van der Waals surface area contributed by atoms with Gasteiger partial charge in [-0.2, -0.15) is 0 Å².